The van der Waals surface area contributed by atoms with Gasteiger partial charge < -0.3 is 9.47 Å². The van der Waals surface area contributed by atoms with Gasteiger partial charge in [-0.1, -0.05) is 12.8 Å². The SMILES string of the molecule is CN(Cc1cccn1C)C(=O)C1CCCC1. The highest BCUT2D eigenvalue weighted by Crippen LogP contribution is 2.26. The molecule has 2 rings (SSSR count). The van der Waals surface area contributed by atoms with Crippen LogP contribution in [0.4, 0.5) is 0 Å². The lowest BCUT2D eigenvalue weighted by molar-refractivity contribution is -0.134. The van der Waals surface area contributed by atoms with Crippen molar-refractivity contribution in [1.82, 2.24) is 9.47 Å². The Bertz CT molecular complexity index is 364. The van der Waals surface area contributed by atoms with Crippen LogP contribution >= 0.6 is 0 Å². The van der Waals surface area contributed by atoms with Crippen LogP contribution in [-0.2, 0) is 18.4 Å². The number of amides is 1. The predicted octanol–water partition coefficient (Wildman–Crippen LogP) is 2.17. The largest absolute Gasteiger partial charge is 0.353 e. The molecule has 3 heteroatoms. The van der Waals surface area contributed by atoms with Gasteiger partial charge in [-0.15, -0.1) is 0 Å². The van der Waals surface area contributed by atoms with E-state index in [1.54, 1.807) is 0 Å². The minimum absolute atomic E-state index is 0.283. The summed E-state index contributed by atoms with van der Waals surface area (Å²) in [7, 11) is 3.93. The first-order valence-corrected chi connectivity index (χ1v) is 6.03. The normalized spacial score (nSPS) is 16.6. The lowest BCUT2D eigenvalue weighted by Gasteiger charge is -2.21. The molecule has 16 heavy (non-hydrogen) atoms. The van der Waals surface area contributed by atoms with Gasteiger partial charge in [0.05, 0.1) is 6.54 Å². The molecule has 3 nitrogen and oxygen atoms in total. The van der Waals surface area contributed by atoms with Crippen LogP contribution in [0.15, 0.2) is 18.3 Å². The Morgan fingerprint density at radius 2 is 2.19 bits per heavy atom. The van der Waals surface area contributed by atoms with E-state index in [9.17, 15) is 4.79 Å². The Morgan fingerprint density at radius 3 is 2.75 bits per heavy atom. The first kappa shape index (κ1) is 11.2. The van der Waals surface area contributed by atoms with Crippen LogP contribution in [0.1, 0.15) is 31.4 Å². The zero-order valence-electron chi connectivity index (χ0n) is 10.1. The monoisotopic (exact) mass is 220 g/mol. The number of aryl methyl sites for hydroxylation is 1. The van der Waals surface area contributed by atoms with Crippen LogP contribution in [0.3, 0.4) is 0 Å². The number of nitrogens with zero attached hydrogens (tertiary/aromatic N) is 2. The molecule has 0 radical (unpaired) electrons. The molecule has 88 valence electrons. The second-order valence-corrected chi connectivity index (χ2v) is 4.79. The molecular formula is C13H20N2O. The van der Waals surface area contributed by atoms with Crippen LogP contribution in [-0.4, -0.2) is 22.4 Å². The Hall–Kier alpha value is -1.25. The maximum atomic E-state index is 12.1. The van der Waals surface area contributed by atoms with Gasteiger partial charge in [-0.05, 0) is 25.0 Å². The maximum absolute atomic E-state index is 12.1. The molecule has 1 fully saturated rings. The zero-order chi connectivity index (χ0) is 11.5. The van der Waals surface area contributed by atoms with E-state index < -0.39 is 0 Å². The van der Waals surface area contributed by atoms with Gasteiger partial charge in [-0.3, -0.25) is 4.79 Å². The molecule has 0 aliphatic heterocycles. The van der Waals surface area contributed by atoms with E-state index in [0.717, 1.165) is 19.4 Å². The molecule has 1 amide bonds. The van der Waals surface area contributed by atoms with Crippen molar-refractivity contribution in [2.45, 2.75) is 32.2 Å². The summed E-state index contributed by atoms with van der Waals surface area (Å²) in [5, 5.41) is 0. The highest BCUT2D eigenvalue weighted by molar-refractivity contribution is 5.78. The fraction of sp³-hybridized carbons (Fsp3) is 0.615. The van der Waals surface area contributed by atoms with Crippen LogP contribution in [0.5, 0.6) is 0 Å². The number of aromatic nitrogens is 1. The Kier molecular flexibility index (Phi) is 3.32. The molecule has 0 unspecified atom stereocenters. The average molecular weight is 220 g/mol. The minimum atomic E-state index is 0.283. The van der Waals surface area contributed by atoms with Gasteiger partial charge in [0.1, 0.15) is 0 Å². The van der Waals surface area contributed by atoms with Gasteiger partial charge in [0.25, 0.3) is 0 Å². The van der Waals surface area contributed by atoms with Crippen molar-refractivity contribution < 1.29 is 4.79 Å². The summed E-state index contributed by atoms with van der Waals surface area (Å²) >= 11 is 0. The number of hydrogen-bond acceptors (Lipinski definition) is 1. The highest BCUT2D eigenvalue weighted by atomic mass is 16.2. The minimum Gasteiger partial charge on any atom is -0.353 e. The van der Waals surface area contributed by atoms with E-state index in [-0.39, 0.29) is 5.92 Å². The Morgan fingerprint density at radius 1 is 1.50 bits per heavy atom. The molecule has 0 N–H and O–H groups in total. The van der Waals surface area contributed by atoms with E-state index in [0.29, 0.717) is 5.91 Å². The van der Waals surface area contributed by atoms with Gasteiger partial charge in [0.15, 0.2) is 0 Å². The molecule has 0 aromatic carbocycles. The molecule has 1 aromatic heterocycles. The van der Waals surface area contributed by atoms with Crippen molar-refractivity contribution in [1.29, 1.82) is 0 Å². The van der Waals surface area contributed by atoms with Crippen molar-refractivity contribution >= 4 is 5.91 Å². The summed E-state index contributed by atoms with van der Waals surface area (Å²) in [6.45, 7) is 0.721. The fourth-order valence-electron chi connectivity index (χ4n) is 2.47. The summed E-state index contributed by atoms with van der Waals surface area (Å²) in [5.41, 5.74) is 1.19. The van der Waals surface area contributed by atoms with Crippen LogP contribution in [0.25, 0.3) is 0 Å². The average Bonchev–Trinajstić information content (AvgIpc) is 2.89. The summed E-state index contributed by atoms with van der Waals surface area (Å²) in [6.07, 6.45) is 6.61. The second-order valence-electron chi connectivity index (χ2n) is 4.79. The summed E-state index contributed by atoms with van der Waals surface area (Å²) in [4.78, 5) is 14.0. The number of carbonyl (C=O) groups is 1. The van der Waals surface area contributed by atoms with Crippen molar-refractivity contribution in [3.8, 4) is 0 Å². The fourth-order valence-corrected chi connectivity index (χ4v) is 2.47. The maximum Gasteiger partial charge on any atom is 0.225 e. The van der Waals surface area contributed by atoms with Crippen molar-refractivity contribution in [2.24, 2.45) is 13.0 Å². The van der Waals surface area contributed by atoms with Gasteiger partial charge >= 0.3 is 0 Å². The first-order chi connectivity index (χ1) is 7.68. The summed E-state index contributed by atoms with van der Waals surface area (Å²) < 4.78 is 2.07. The third kappa shape index (κ3) is 2.29. The van der Waals surface area contributed by atoms with E-state index in [1.165, 1.54) is 18.5 Å². The molecule has 1 aliphatic carbocycles. The standard InChI is InChI=1S/C13H20N2O/c1-14-9-5-8-12(14)10-15(2)13(16)11-6-3-4-7-11/h5,8-9,11H,3-4,6-7,10H2,1-2H3. The third-order valence-corrected chi connectivity index (χ3v) is 3.53. The predicted molar refractivity (Wildman–Crippen MR) is 63.8 cm³/mol. The van der Waals surface area contributed by atoms with E-state index in [2.05, 4.69) is 10.6 Å². The lowest BCUT2D eigenvalue weighted by Crippen LogP contribution is -2.31. The van der Waals surface area contributed by atoms with Crippen LogP contribution in [0.2, 0.25) is 0 Å². The second kappa shape index (κ2) is 4.73. The smallest absolute Gasteiger partial charge is 0.225 e. The molecule has 0 atom stereocenters. The van der Waals surface area contributed by atoms with E-state index in [1.807, 2.05) is 31.3 Å². The third-order valence-electron chi connectivity index (χ3n) is 3.53. The highest BCUT2D eigenvalue weighted by Gasteiger charge is 2.25. The van der Waals surface area contributed by atoms with Gasteiger partial charge in [-0.25, -0.2) is 0 Å². The molecular weight excluding hydrogens is 200 g/mol. The lowest BCUT2D eigenvalue weighted by atomic mass is 10.1. The quantitative estimate of drug-likeness (QED) is 0.766. The molecule has 0 saturated heterocycles. The van der Waals surface area contributed by atoms with Gasteiger partial charge in [0, 0.05) is 31.9 Å². The van der Waals surface area contributed by atoms with Crippen molar-refractivity contribution in [2.75, 3.05) is 7.05 Å². The molecule has 1 saturated carbocycles. The van der Waals surface area contributed by atoms with E-state index >= 15 is 0 Å². The Balaban J connectivity index is 1.94. The zero-order valence-corrected chi connectivity index (χ0v) is 10.1. The summed E-state index contributed by atoms with van der Waals surface area (Å²) in [6, 6.07) is 4.08. The van der Waals surface area contributed by atoms with E-state index in [4.69, 9.17) is 0 Å². The number of rotatable bonds is 3. The van der Waals surface area contributed by atoms with Crippen LogP contribution < -0.4 is 0 Å². The Labute approximate surface area is 97.1 Å². The van der Waals surface area contributed by atoms with Crippen molar-refractivity contribution in [3.05, 3.63) is 24.0 Å². The summed E-state index contributed by atoms with van der Waals surface area (Å²) in [5.74, 6) is 0.601. The van der Waals surface area contributed by atoms with Gasteiger partial charge in [-0.2, -0.15) is 0 Å². The molecule has 0 spiro atoms. The van der Waals surface area contributed by atoms with Crippen molar-refractivity contribution in [3.63, 3.8) is 0 Å². The topological polar surface area (TPSA) is 25.2 Å². The number of carbonyl (C=O) groups excluding carboxylic acids is 1. The molecule has 1 heterocycles. The number of hydrogen-bond donors (Lipinski definition) is 0. The molecule has 1 aliphatic rings. The van der Waals surface area contributed by atoms with Crippen LogP contribution in [0, 0.1) is 5.92 Å². The van der Waals surface area contributed by atoms with Gasteiger partial charge in [0.2, 0.25) is 5.91 Å². The molecule has 0 bridgehead atoms. The first-order valence-electron chi connectivity index (χ1n) is 6.03. The molecule has 1 aromatic rings.